The zero-order valence-corrected chi connectivity index (χ0v) is 13.2. The third-order valence-corrected chi connectivity index (χ3v) is 4.30. The van der Waals surface area contributed by atoms with Crippen molar-refractivity contribution in [3.05, 3.63) is 41.7 Å². The van der Waals surface area contributed by atoms with Gasteiger partial charge in [0.25, 0.3) is 0 Å². The van der Waals surface area contributed by atoms with Crippen LogP contribution in [0.2, 0.25) is 0 Å². The second-order valence-electron chi connectivity index (χ2n) is 4.95. The lowest BCUT2D eigenvalue weighted by atomic mass is 10.1. The van der Waals surface area contributed by atoms with Gasteiger partial charge >= 0.3 is 0 Å². The number of thioether (sulfide) groups is 1. The molecule has 20 heavy (non-hydrogen) atoms. The van der Waals surface area contributed by atoms with E-state index in [0.717, 1.165) is 23.9 Å². The van der Waals surface area contributed by atoms with E-state index in [4.69, 9.17) is 0 Å². The Morgan fingerprint density at radius 3 is 2.65 bits per heavy atom. The minimum absolute atomic E-state index is 0.345. The minimum Gasteiger partial charge on any atom is -0.312 e. The molecule has 2 aromatic rings. The Morgan fingerprint density at radius 2 is 2.05 bits per heavy atom. The first-order valence-corrected chi connectivity index (χ1v) is 7.96. The second-order valence-corrected chi connectivity index (χ2v) is 5.94. The van der Waals surface area contributed by atoms with Gasteiger partial charge in [0, 0.05) is 18.8 Å². The van der Waals surface area contributed by atoms with Crippen LogP contribution in [0.1, 0.15) is 30.5 Å². The van der Waals surface area contributed by atoms with Crippen molar-refractivity contribution in [1.29, 1.82) is 0 Å². The van der Waals surface area contributed by atoms with Crippen LogP contribution in [0.15, 0.2) is 35.7 Å². The van der Waals surface area contributed by atoms with Gasteiger partial charge in [0.2, 0.25) is 0 Å². The van der Waals surface area contributed by atoms with Crippen molar-refractivity contribution >= 4 is 11.8 Å². The summed E-state index contributed by atoms with van der Waals surface area (Å²) >= 11 is 1.74. The number of nitrogens with zero attached hydrogens (tertiary/aromatic N) is 3. The molecule has 1 heterocycles. The summed E-state index contributed by atoms with van der Waals surface area (Å²) in [5.41, 5.74) is 2.63. The molecule has 1 aromatic heterocycles. The highest BCUT2D eigenvalue weighted by molar-refractivity contribution is 7.99. The van der Waals surface area contributed by atoms with Crippen LogP contribution in [0.5, 0.6) is 0 Å². The summed E-state index contributed by atoms with van der Waals surface area (Å²) in [6, 6.07) is 9.10. The van der Waals surface area contributed by atoms with Gasteiger partial charge < -0.3 is 9.88 Å². The molecule has 0 radical (unpaired) electrons. The Balaban J connectivity index is 2.03. The molecule has 4 nitrogen and oxygen atoms in total. The first kappa shape index (κ1) is 15.1. The molecule has 1 unspecified atom stereocenters. The van der Waals surface area contributed by atoms with Crippen molar-refractivity contribution in [2.75, 3.05) is 12.3 Å². The van der Waals surface area contributed by atoms with Crippen molar-refractivity contribution in [1.82, 2.24) is 20.1 Å². The van der Waals surface area contributed by atoms with Crippen molar-refractivity contribution < 1.29 is 0 Å². The van der Waals surface area contributed by atoms with Crippen LogP contribution < -0.4 is 5.32 Å². The number of hydrogen-bond donors (Lipinski definition) is 1. The van der Waals surface area contributed by atoms with Gasteiger partial charge in [0.15, 0.2) is 5.16 Å². The third kappa shape index (κ3) is 4.08. The van der Waals surface area contributed by atoms with E-state index in [0.29, 0.717) is 6.04 Å². The molecule has 0 saturated carbocycles. The molecule has 5 heteroatoms. The van der Waals surface area contributed by atoms with Gasteiger partial charge in [-0.05, 0) is 25.5 Å². The van der Waals surface area contributed by atoms with Crippen LogP contribution in [0.4, 0.5) is 0 Å². The Bertz CT molecular complexity index is 521. The lowest BCUT2D eigenvalue weighted by Crippen LogP contribution is -2.24. The number of benzene rings is 1. The summed E-state index contributed by atoms with van der Waals surface area (Å²) in [5.74, 6) is 0.954. The van der Waals surface area contributed by atoms with Crippen LogP contribution in [-0.4, -0.2) is 27.1 Å². The van der Waals surface area contributed by atoms with Crippen LogP contribution in [0, 0.1) is 6.92 Å². The smallest absolute Gasteiger partial charge is 0.190 e. The Hall–Kier alpha value is -1.33. The first-order valence-electron chi connectivity index (χ1n) is 6.97. The van der Waals surface area contributed by atoms with Crippen LogP contribution in [0.3, 0.4) is 0 Å². The summed E-state index contributed by atoms with van der Waals surface area (Å²) < 4.78 is 1.96. The molecule has 0 amide bonds. The molecule has 0 fully saturated rings. The summed E-state index contributed by atoms with van der Waals surface area (Å²) in [6.45, 7) is 5.33. The Morgan fingerprint density at radius 1 is 1.30 bits per heavy atom. The highest BCUT2D eigenvalue weighted by atomic mass is 32.2. The van der Waals surface area contributed by atoms with Gasteiger partial charge in [-0.1, -0.05) is 48.5 Å². The molecule has 0 aliphatic rings. The van der Waals surface area contributed by atoms with Crippen molar-refractivity contribution in [2.24, 2.45) is 7.05 Å². The topological polar surface area (TPSA) is 42.7 Å². The molecule has 1 N–H and O–H groups in total. The molecule has 0 saturated heterocycles. The fourth-order valence-electron chi connectivity index (χ4n) is 1.95. The predicted octanol–water partition coefficient (Wildman–Crippen LogP) is 2.96. The second kappa shape index (κ2) is 7.45. The van der Waals surface area contributed by atoms with E-state index in [1.54, 1.807) is 18.1 Å². The van der Waals surface area contributed by atoms with E-state index in [9.17, 15) is 0 Å². The molecule has 1 atom stereocenters. The maximum Gasteiger partial charge on any atom is 0.190 e. The van der Waals surface area contributed by atoms with Gasteiger partial charge in [0.05, 0.1) is 0 Å². The molecular formula is C15H22N4S. The molecular weight excluding hydrogens is 268 g/mol. The van der Waals surface area contributed by atoms with Crippen LogP contribution >= 0.6 is 11.8 Å². The summed E-state index contributed by atoms with van der Waals surface area (Å²) in [7, 11) is 1.97. The summed E-state index contributed by atoms with van der Waals surface area (Å²) in [4.78, 5) is 0. The van der Waals surface area contributed by atoms with Crippen molar-refractivity contribution in [2.45, 2.75) is 31.5 Å². The summed E-state index contributed by atoms with van der Waals surface area (Å²) in [6.07, 6.45) is 2.87. The maximum atomic E-state index is 4.12. The van der Waals surface area contributed by atoms with Crippen LogP contribution in [0.25, 0.3) is 0 Å². The van der Waals surface area contributed by atoms with Crippen LogP contribution in [-0.2, 0) is 7.05 Å². The molecule has 0 spiro atoms. The molecule has 108 valence electrons. The quantitative estimate of drug-likeness (QED) is 0.796. The lowest BCUT2D eigenvalue weighted by Gasteiger charge is -2.18. The van der Waals surface area contributed by atoms with E-state index in [2.05, 4.69) is 53.6 Å². The molecule has 1 aromatic carbocycles. The zero-order valence-electron chi connectivity index (χ0n) is 12.3. The molecule has 0 aliphatic heterocycles. The fourth-order valence-corrected chi connectivity index (χ4v) is 2.93. The minimum atomic E-state index is 0.345. The molecule has 0 aliphatic carbocycles. The monoisotopic (exact) mass is 290 g/mol. The zero-order chi connectivity index (χ0) is 14.4. The van der Waals surface area contributed by atoms with E-state index in [-0.39, 0.29) is 0 Å². The highest BCUT2D eigenvalue weighted by Crippen LogP contribution is 2.23. The van der Waals surface area contributed by atoms with Gasteiger partial charge in [-0.2, -0.15) is 0 Å². The van der Waals surface area contributed by atoms with E-state index < -0.39 is 0 Å². The third-order valence-electron chi connectivity index (χ3n) is 3.17. The molecule has 2 rings (SSSR count). The number of aromatic nitrogens is 3. The van der Waals surface area contributed by atoms with Gasteiger partial charge in [0.1, 0.15) is 6.33 Å². The maximum absolute atomic E-state index is 4.12. The van der Waals surface area contributed by atoms with Gasteiger partial charge in [-0.25, -0.2) is 0 Å². The van der Waals surface area contributed by atoms with Gasteiger partial charge in [-0.3, -0.25) is 0 Å². The van der Waals surface area contributed by atoms with Crippen molar-refractivity contribution in [3.63, 3.8) is 0 Å². The fraction of sp³-hybridized carbons (Fsp3) is 0.467. The summed E-state index contributed by atoms with van der Waals surface area (Å²) in [5, 5.41) is 12.6. The SMILES string of the molecule is CCCNC(CSc1nncn1C)c1ccc(C)cc1. The highest BCUT2D eigenvalue weighted by Gasteiger charge is 2.12. The predicted molar refractivity (Wildman–Crippen MR) is 83.9 cm³/mol. The molecule has 0 bridgehead atoms. The largest absolute Gasteiger partial charge is 0.312 e. The number of rotatable bonds is 7. The normalized spacial score (nSPS) is 12.6. The standard InChI is InChI=1S/C15H22N4S/c1-4-9-16-14(13-7-5-12(2)6-8-13)10-20-15-18-17-11-19(15)3/h5-8,11,14,16H,4,9-10H2,1-3H3. The first-order chi connectivity index (χ1) is 9.70. The Kier molecular flexibility index (Phi) is 5.61. The average molecular weight is 290 g/mol. The number of hydrogen-bond acceptors (Lipinski definition) is 4. The van der Waals surface area contributed by atoms with E-state index in [1.807, 2.05) is 11.6 Å². The van der Waals surface area contributed by atoms with Crippen molar-refractivity contribution in [3.8, 4) is 0 Å². The Labute approximate surface area is 125 Å². The van der Waals surface area contributed by atoms with Gasteiger partial charge in [-0.15, -0.1) is 10.2 Å². The van der Waals surface area contributed by atoms with E-state index >= 15 is 0 Å². The number of aryl methyl sites for hydroxylation is 2. The lowest BCUT2D eigenvalue weighted by molar-refractivity contribution is 0.576. The number of nitrogens with one attached hydrogen (secondary N) is 1. The average Bonchev–Trinajstić information content (AvgIpc) is 2.86. The van der Waals surface area contributed by atoms with E-state index in [1.165, 1.54) is 11.1 Å².